The van der Waals surface area contributed by atoms with Crippen molar-refractivity contribution in [2.24, 2.45) is 0 Å². The van der Waals surface area contributed by atoms with Crippen molar-refractivity contribution in [3.05, 3.63) is 118 Å². The van der Waals surface area contributed by atoms with Gasteiger partial charge in [-0.1, -0.05) is 60.7 Å². The summed E-state index contributed by atoms with van der Waals surface area (Å²) in [5.74, 6) is -0.106. The molecule has 0 saturated carbocycles. The summed E-state index contributed by atoms with van der Waals surface area (Å²) in [6, 6.07) is 23.0. The zero-order chi connectivity index (χ0) is 35.2. The van der Waals surface area contributed by atoms with Crippen molar-refractivity contribution < 1.29 is 28.5 Å². The van der Waals surface area contributed by atoms with Gasteiger partial charge >= 0.3 is 11.9 Å². The lowest BCUT2D eigenvalue weighted by molar-refractivity contribution is 0.00540. The topological polar surface area (TPSA) is 131 Å². The second-order valence-corrected chi connectivity index (χ2v) is 13.9. The third-order valence-corrected chi connectivity index (χ3v) is 7.33. The molecule has 49 heavy (non-hydrogen) atoms. The maximum absolute atomic E-state index is 12.7. The first kappa shape index (κ1) is 35.3. The number of ether oxygens (including phenoxy) is 4. The number of benzene rings is 2. The molecule has 0 spiro atoms. The van der Waals surface area contributed by atoms with Gasteiger partial charge in [0.1, 0.15) is 63.4 Å². The van der Waals surface area contributed by atoms with E-state index in [4.69, 9.17) is 18.9 Å². The quantitative estimate of drug-likeness (QED) is 0.0894. The summed E-state index contributed by atoms with van der Waals surface area (Å²) in [5.41, 5.74) is 2.18. The first-order valence-electron chi connectivity index (χ1n) is 15.4. The maximum atomic E-state index is 12.7. The Hall–Kier alpha value is -5.05. The van der Waals surface area contributed by atoms with Gasteiger partial charge < -0.3 is 18.9 Å². The van der Waals surface area contributed by atoms with Crippen molar-refractivity contribution in [3.63, 3.8) is 0 Å². The highest BCUT2D eigenvalue weighted by Gasteiger charge is 2.27. The second-order valence-electron chi connectivity index (χ2n) is 12.8. The fourth-order valence-electron chi connectivity index (χ4n) is 4.54. The van der Waals surface area contributed by atoms with Crippen molar-refractivity contribution in [3.8, 4) is 11.5 Å². The third kappa shape index (κ3) is 9.31. The van der Waals surface area contributed by atoms with Crippen LogP contribution in [-0.4, -0.2) is 52.3 Å². The molecule has 12 nitrogen and oxygen atoms in total. The average Bonchev–Trinajstić information content (AvgIpc) is 3.73. The van der Waals surface area contributed by atoms with Crippen LogP contribution in [-0.2, 0) is 22.7 Å². The number of carbonyl (C=O) groups is 2. The number of fused-ring (bicyclic) bond motifs is 2. The number of carbonyl (C=O) groups excluding carboxylic acids is 2. The Bertz CT molecular complexity index is 2050. The van der Waals surface area contributed by atoms with E-state index in [1.54, 1.807) is 22.8 Å². The highest BCUT2D eigenvalue weighted by molar-refractivity contribution is 14.1. The van der Waals surface area contributed by atoms with Gasteiger partial charge in [-0.2, -0.15) is 10.2 Å². The number of aromatic nitrogens is 6. The Morgan fingerprint density at radius 2 is 1.16 bits per heavy atom. The molecule has 0 saturated heterocycles. The Labute approximate surface area is 297 Å². The van der Waals surface area contributed by atoms with Gasteiger partial charge in [-0.05, 0) is 81.3 Å². The predicted octanol–water partition coefficient (Wildman–Crippen LogP) is 7.13. The van der Waals surface area contributed by atoms with Crippen LogP contribution in [0.5, 0.6) is 11.5 Å². The third-order valence-electron chi connectivity index (χ3n) is 6.56. The minimum Gasteiger partial charge on any atom is -0.488 e. The van der Waals surface area contributed by atoms with Gasteiger partial charge in [0.15, 0.2) is 11.3 Å². The first-order valence-corrected chi connectivity index (χ1v) is 16.5. The van der Waals surface area contributed by atoms with Crippen LogP contribution in [0, 0.1) is 3.70 Å². The lowest BCUT2D eigenvalue weighted by Crippen LogP contribution is -2.25. The molecule has 13 heteroatoms. The Morgan fingerprint density at radius 3 is 1.71 bits per heavy atom. The van der Waals surface area contributed by atoms with Crippen LogP contribution >= 0.6 is 22.6 Å². The van der Waals surface area contributed by atoms with Gasteiger partial charge in [-0.15, -0.1) is 0 Å². The molecule has 0 aliphatic heterocycles. The fraction of sp³-hybridized carbons (Fsp3) is 0.278. The molecule has 4 heterocycles. The van der Waals surface area contributed by atoms with Crippen LogP contribution in [0.25, 0.3) is 11.3 Å². The van der Waals surface area contributed by atoms with Crippen LogP contribution in [0.1, 0.15) is 73.4 Å². The van der Waals surface area contributed by atoms with E-state index in [2.05, 4.69) is 42.8 Å². The van der Waals surface area contributed by atoms with E-state index in [-0.39, 0.29) is 11.1 Å². The molecule has 0 atom stereocenters. The number of nitrogens with zero attached hydrogens (tertiary/aromatic N) is 6. The van der Waals surface area contributed by atoms with Gasteiger partial charge in [0, 0.05) is 12.3 Å². The number of hydrogen-bond acceptors (Lipinski definition) is 10. The number of rotatable bonds is 8. The monoisotopic (exact) mass is 776 g/mol. The summed E-state index contributed by atoms with van der Waals surface area (Å²) < 4.78 is 26.7. The molecule has 4 aromatic heterocycles. The van der Waals surface area contributed by atoms with E-state index in [9.17, 15) is 9.59 Å². The second kappa shape index (κ2) is 15.0. The Balaban J connectivity index is 0.000000191. The van der Waals surface area contributed by atoms with Crippen LogP contribution in [0.3, 0.4) is 0 Å². The van der Waals surface area contributed by atoms with Gasteiger partial charge in [0.25, 0.3) is 0 Å². The summed E-state index contributed by atoms with van der Waals surface area (Å²) in [4.78, 5) is 33.7. The molecule has 0 N–H and O–H groups in total. The molecule has 0 aliphatic carbocycles. The summed E-state index contributed by atoms with van der Waals surface area (Å²) in [7, 11) is 0. The number of pyridine rings is 2. The lowest BCUT2D eigenvalue weighted by atomic mass is 10.1. The molecule has 0 fully saturated rings. The zero-order valence-corrected chi connectivity index (χ0v) is 30.2. The van der Waals surface area contributed by atoms with Gasteiger partial charge in [0.05, 0.1) is 0 Å². The van der Waals surface area contributed by atoms with E-state index in [1.807, 2.05) is 102 Å². The van der Waals surface area contributed by atoms with Gasteiger partial charge in [-0.25, -0.2) is 28.6 Å². The molecule has 0 radical (unpaired) electrons. The van der Waals surface area contributed by atoms with Crippen LogP contribution < -0.4 is 9.47 Å². The Morgan fingerprint density at radius 1 is 0.673 bits per heavy atom. The minimum absolute atomic E-state index is 0.279. The van der Waals surface area contributed by atoms with Crippen LogP contribution in [0.2, 0.25) is 0 Å². The smallest absolute Gasteiger partial charge is 0.346 e. The summed E-state index contributed by atoms with van der Waals surface area (Å²) in [6.07, 6.45) is 4.51. The molecule has 0 bridgehead atoms. The van der Waals surface area contributed by atoms with Crippen molar-refractivity contribution in [1.29, 1.82) is 0 Å². The SMILES string of the molecule is CC(C)(C)OC(=O)c1c(OCc2ccccc2)cc(I)n2ncnc12.CC(C)(C)OC(=O)c1c(OCc2ccccc2)ccn2ncnc12. The normalized spacial score (nSPS) is 11.5. The van der Waals surface area contributed by atoms with Gasteiger partial charge in [-0.3, -0.25) is 0 Å². The molecule has 0 amide bonds. The van der Waals surface area contributed by atoms with Crippen LogP contribution in [0.4, 0.5) is 0 Å². The number of hydrogen-bond donors (Lipinski definition) is 0. The zero-order valence-electron chi connectivity index (χ0n) is 28.1. The van der Waals surface area contributed by atoms with Crippen molar-refractivity contribution in [1.82, 2.24) is 29.2 Å². The minimum atomic E-state index is -0.617. The van der Waals surface area contributed by atoms with Crippen molar-refractivity contribution in [2.45, 2.75) is 66.0 Å². The number of esters is 2. The molecule has 6 aromatic rings. The molecule has 2 aromatic carbocycles. The summed E-state index contributed by atoms with van der Waals surface area (Å²) in [6.45, 7) is 11.6. The summed E-state index contributed by atoms with van der Waals surface area (Å²) >= 11 is 2.13. The van der Waals surface area contributed by atoms with Gasteiger partial charge in [0.2, 0.25) is 0 Å². The van der Waals surface area contributed by atoms with Crippen molar-refractivity contribution in [2.75, 3.05) is 0 Å². The largest absolute Gasteiger partial charge is 0.488 e. The van der Waals surface area contributed by atoms with E-state index in [0.29, 0.717) is 36.0 Å². The highest BCUT2D eigenvalue weighted by atomic mass is 127. The predicted molar refractivity (Wildman–Crippen MR) is 191 cm³/mol. The van der Waals surface area contributed by atoms with E-state index >= 15 is 0 Å². The van der Waals surface area contributed by atoms with E-state index in [1.165, 1.54) is 17.2 Å². The van der Waals surface area contributed by atoms with Crippen molar-refractivity contribution >= 4 is 45.8 Å². The maximum Gasteiger partial charge on any atom is 0.346 e. The van der Waals surface area contributed by atoms with E-state index in [0.717, 1.165) is 14.8 Å². The Kier molecular flexibility index (Phi) is 10.8. The standard InChI is InChI=1S/C18H18IN3O3.C18H19N3O3/c1-18(2,3)25-17(23)15-13(24-10-12-7-5-4-6-8-12)9-14(19)22-16(15)20-11-21-22;1-18(2,3)24-17(22)15-14(9-10-21-16(15)19-12-20-21)23-11-13-7-5-4-6-8-13/h4-9,11H,10H2,1-3H3;4-10,12H,11H2,1-3H3. The molecule has 0 aliphatic rings. The molecular formula is C36H37IN6O6. The fourth-order valence-corrected chi connectivity index (χ4v) is 5.17. The average molecular weight is 777 g/mol. The summed E-state index contributed by atoms with van der Waals surface area (Å²) in [5, 5.41) is 8.21. The molecule has 6 rings (SSSR count). The molecule has 254 valence electrons. The van der Waals surface area contributed by atoms with Crippen LogP contribution in [0.15, 0.2) is 91.6 Å². The highest BCUT2D eigenvalue weighted by Crippen LogP contribution is 2.29. The first-order chi connectivity index (χ1) is 23.3. The van der Waals surface area contributed by atoms with E-state index < -0.39 is 23.1 Å². The molecule has 0 unspecified atom stereocenters. The lowest BCUT2D eigenvalue weighted by Gasteiger charge is -2.21. The molecular weight excluding hydrogens is 739 g/mol. The number of halogens is 1.